The summed E-state index contributed by atoms with van der Waals surface area (Å²) in [6.45, 7) is 3.96. The molecule has 112 valence electrons. The van der Waals surface area contributed by atoms with Crippen molar-refractivity contribution in [1.82, 2.24) is 9.29 Å². The van der Waals surface area contributed by atoms with Crippen LogP contribution in [-0.4, -0.2) is 49.1 Å². The van der Waals surface area contributed by atoms with E-state index in [4.69, 9.17) is 18.0 Å². The van der Waals surface area contributed by atoms with Gasteiger partial charge in [-0.3, -0.25) is 4.98 Å². The van der Waals surface area contributed by atoms with Gasteiger partial charge < -0.3 is 11.1 Å². The van der Waals surface area contributed by atoms with E-state index < -0.39 is 10.0 Å². The second-order valence-electron chi connectivity index (χ2n) is 4.66. The first kappa shape index (κ1) is 16.8. The molecule has 0 spiro atoms. The molecule has 0 aromatic carbocycles. The molecule has 0 atom stereocenters. The number of nitrogens with two attached hydrogens (primary N) is 1. The van der Waals surface area contributed by atoms with Crippen molar-refractivity contribution >= 4 is 32.9 Å². The van der Waals surface area contributed by atoms with E-state index in [1.807, 2.05) is 19.9 Å². The molecular formula is C12H20N4O2S2. The van der Waals surface area contributed by atoms with E-state index in [2.05, 4.69) is 10.3 Å². The molecule has 0 saturated heterocycles. The van der Waals surface area contributed by atoms with E-state index in [9.17, 15) is 8.42 Å². The summed E-state index contributed by atoms with van der Waals surface area (Å²) in [4.78, 5) is 4.55. The second-order valence-corrected chi connectivity index (χ2v) is 7.40. The fourth-order valence-electron chi connectivity index (χ4n) is 1.78. The van der Waals surface area contributed by atoms with E-state index in [-0.39, 0.29) is 17.3 Å². The molecule has 0 amide bonds. The molecule has 3 N–H and O–H groups in total. The minimum absolute atomic E-state index is 0.00279. The van der Waals surface area contributed by atoms with Gasteiger partial charge in [0.25, 0.3) is 0 Å². The summed E-state index contributed by atoms with van der Waals surface area (Å²) in [5.41, 5.74) is 8.63. The highest BCUT2D eigenvalue weighted by Crippen LogP contribution is 2.19. The molecule has 0 saturated carbocycles. The monoisotopic (exact) mass is 316 g/mol. The molecule has 1 aromatic heterocycles. The molecule has 20 heavy (non-hydrogen) atoms. The van der Waals surface area contributed by atoms with Crippen molar-refractivity contribution in [3.05, 3.63) is 23.0 Å². The summed E-state index contributed by atoms with van der Waals surface area (Å²) >= 11 is 5.02. The van der Waals surface area contributed by atoms with Crippen LogP contribution in [0.15, 0.2) is 6.07 Å². The van der Waals surface area contributed by atoms with Crippen LogP contribution in [0.25, 0.3) is 0 Å². The largest absolute Gasteiger partial charge is 0.389 e. The van der Waals surface area contributed by atoms with Crippen LogP contribution in [0.2, 0.25) is 0 Å². The van der Waals surface area contributed by atoms with Gasteiger partial charge in [0, 0.05) is 37.7 Å². The number of sulfonamides is 1. The number of nitrogens with zero attached hydrogens (tertiary/aromatic N) is 2. The number of rotatable bonds is 6. The van der Waals surface area contributed by atoms with Crippen LogP contribution in [0.4, 0.5) is 5.69 Å². The molecule has 0 radical (unpaired) electrons. The highest BCUT2D eigenvalue weighted by atomic mass is 32.2. The molecular weight excluding hydrogens is 296 g/mol. The smallest absolute Gasteiger partial charge is 0.215 e. The summed E-state index contributed by atoms with van der Waals surface area (Å²) in [5.74, 6) is -0.00279. The van der Waals surface area contributed by atoms with Gasteiger partial charge in [-0.2, -0.15) is 0 Å². The van der Waals surface area contributed by atoms with Crippen LogP contribution in [0.3, 0.4) is 0 Å². The normalized spacial score (nSPS) is 11.7. The molecule has 0 aliphatic heterocycles. The summed E-state index contributed by atoms with van der Waals surface area (Å²) in [7, 11) is -0.210. The van der Waals surface area contributed by atoms with Crippen molar-refractivity contribution in [2.45, 2.75) is 13.8 Å². The first-order valence-electron chi connectivity index (χ1n) is 6.07. The minimum atomic E-state index is -3.23. The van der Waals surface area contributed by atoms with Crippen molar-refractivity contribution < 1.29 is 8.42 Å². The molecule has 1 aromatic rings. The van der Waals surface area contributed by atoms with Crippen LogP contribution in [-0.2, 0) is 10.0 Å². The third-order valence-electron chi connectivity index (χ3n) is 2.81. The number of nitrogens with one attached hydrogen (secondary N) is 1. The lowest BCUT2D eigenvalue weighted by atomic mass is 10.1. The van der Waals surface area contributed by atoms with Crippen molar-refractivity contribution in [3.8, 4) is 0 Å². The Morgan fingerprint density at radius 2 is 2.05 bits per heavy atom. The molecule has 1 rings (SSSR count). The van der Waals surface area contributed by atoms with Crippen LogP contribution < -0.4 is 11.1 Å². The average Bonchev–Trinajstić information content (AvgIpc) is 2.26. The van der Waals surface area contributed by atoms with Gasteiger partial charge in [0.05, 0.1) is 11.3 Å². The zero-order valence-corrected chi connectivity index (χ0v) is 13.7. The predicted octanol–water partition coefficient (Wildman–Crippen LogP) is 0.636. The first-order valence-corrected chi connectivity index (χ1v) is 8.09. The fraction of sp³-hybridized carbons (Fsp3) is 0.500. The van der Waals surface area contributed by atoms with Crippen LogP contribution in [0.5, 0.6) is 0 Å². The van der Waals surface area contributed by atoms with E-state index >= 15 is 0 Å². The Morgan fingerprint density at radius 3 is 2.55 bits per heavy atom. The molecule has 0 aliphatic rings. The lowest BCUT2D eigenvalue weighted by molar-refractivity contribution is 0.521. The van der Waals surface area contributed by atoms with Gasteiger partial charge in [-0.1, -0.05) is 12.2 Å². The number of hydrogen-bond donors (Lipinski definition) is 2. The Hall–Kier alpha value is -1.25. The number of pyridine rings is 1. The number of aromatic nitrogens is 1. The summed E-state index contributed by atoms with van der Waals surface area (Å²) in [5, 5.41) is 3.07. The summed E-state index contributed by atoms with van der Waals surface area (Å²) < 4.78 is 24.6. The Morgan fingerprint density at radius 1 is 1.45 bits per heavy atom. The zero-order chi connectivity index (χ0) is 15.5. The Kier molecular flexibility index (Phi) is 5.43. The fourth-order valence-corrected chi connectivity index (χ4v) is 2.76. The SMILES string of the molecule is Cc1cc(NCCS(=O)(=O)N(C)C)c(C(N)=S)c(C)n1. The van der Waals surface area contributed by atoms with Gasteiger partial charge in [-0.25, -0.2) is 12.7 Å². The molecule has 0 aliphatic carbocycles. The highest BCUT2D eigenvalue weighted by Gasteiger charge is 2.15. The van der Waals surface area contributed by atoms with Crippen molar-refractivity contribution in [1.29, 1.82) is 0 Å². The lowest BCUT2D eigenvalue weighted by Gasteiger charge is -2.15. The van der Waals surface area contributed by atoms with Gasteiger partial charge in [0.1, 0.15) is 4.99 Å². The molecule has 0 fully saturated rings. The van der Waals surface area contributed by atoms with Gasteiger partial charge in [0.2, 0.25) is 10.0 Å². The van der Waals surface area contributed by atoms with E-state index in [1.165, 1.54) is 18.4 Å². The number of hydrogen-bond acceptors (Lipinski definition) is 5. The topological polar surface area (TPSA) is 88.3 Å². The molecule has 8 heteroatoms. The maximum Gasteiger partial charge on any atom is 0.215 e. The van der Waals surface area contributed by atoms with Gasteiger partial charge >= 0.3 is 0 Å². The van der Waals surface area contributed by atoms with Gasteiger partial charge in [-0.15, -0.1) is 0 Å². The highest BCUT2D eigenvalue weighted by molar-refractivity contribution is 7.89. The number of anilines is 1. The average molecular weight is 316 g/mol. The Balaban J connectivity index is 2.91. The van der Waals surface area contributed by atoms with Crippen molar-refractivity contribution in [2.24, 2.45) is 5.73 Å². The number of thiocarbonyl (C=S) groups is 1. The standard InChI is InChI=1S/C12H20N4O2S2/c1-8-7-10(11(12(13)19)9(2)15-8)14-5-6-20(17,18)16(3)4/h7H,5-6H2,1-4H3,(H2,13,19)(H,14,15). The molecule has 1 heterocycles. The maximum atomic E-state index is 11.7. The van der Waals surface area contributed by atoms with Crippen LogP contribution in [0.1, 0.15) is 17.0 Å². The van der Waals surface area contributed by atoms with Gasteiger partial charge in [0.15, 0.2) is 0 Å². The first-order chi connectivity index (χ1) is 9.15. The Bertz CT molecular complexity index is 612. The zero-order valence-electron chi connectivity index (χ0n) is 12.1. The summed E-state index contributed by atoms with van der Waals surface area (Å²) in [6.07, 6.45) is 0. The lowest BCUT2D eigenvalue weighted by Crippen LogP contribution is -2.29. The van der Waals surface area contributed by atoms with Gasteiger partial charge in [-0.05, 0) is 19.9 Å². The number of aryl methyl sites for hydroxylation is 2. The van der Waals surface area contributed by atoms with Crippen molar-refractivity contribution in [2.75, 3.05) is 31.7 Å². The molecule has 0 bridgehead atoms. The van der Waals surface area contributed by atoms with Crippen LogP contribution in [0, 0.1) is 13.8 Å². The molecule has 0 unspecified atom stereocenters. The quantitative estimate of drug-likeness (QED) is 0.749. The molecule has 6 nitrogen and oxygen atoms in total. The Labute approximate surface area is 125 Å². The van der Waals surface area contributed by atoms with E-state index in [0.29, 0.717) is 5.56 Å². The maximum absolute atomic E-state index is 11.7. The van der Waals surface area contributed by atoms with E-state index in [1.54, 1.807) is 0 Å². The third-order valence-corrected chi connectivity index (χ3v) is 4.84. The second kappa shape index (κ2) is 6.47. The minimum Gasteiger partial charge on any atom is -0.389 e. The third kappa shape index (κ3) is 4.12. The van der Waals surface area contributed by atoms with Crippen LogP contribution >= 0.6 is 12.2 Å². The van der Waals surface area contributed by atoms with Crippen molar-refractivity contribution in [3.63, 3.8) is 0 Å². The predicted molar refractivity (Wildman–Crippen MR) is 85.6 cm³/mol. The van der Waals surface area contributed by atoms with E-state index in [0.717, 1.165) is 17.1 Å². The summed E-state index contributed by atoms with van der Waals surface area (Å²) in [6, 6.07) is 1.81.